The summed E-state index contributed by atoms with van der Waals surface area (Å²) in [6.07, 6.45) is 1.30. The van der Waals surface area contributed by atoms with Crippen LogP contribution in [0.1, 0.15) is 0 Å². The Bertz CT molecular complexity index is 761. The molecule has 0 aliphatic rings. The molecule has 0 spiro atoms. The van der Waals surface area contributed by atoms with Crippen LogP contribution in [0, 0.1) is 0 Å². The number of methoxy groups -OCH3 is 1. The van der Waals surface area contributed by atoms with Crippen LogP contribution < -0.4 is 9.47 Å². The third-order valence-electron chi connectivity index (χ3n) is 3.19. The molecule has 0 fully saturated rings. The van der Waals surface area contributed by atoms with Crippen molar-refractivity contribution in [2.24, 2.45) is 0 Å². The van der Waals surface area contributed by atoms with Gasteiger partial charge in [0.2, 0.25) is 0 Å². The second-order valence-electron chi connectivity index (χ2n) is 4.86. The average Bonchev–Trinajstić information content (AvgIpc) is 3.02. The van der Waals surface area contributed by atoms with Gasteiger partial charge in [0.25, 0.3) is 0 Å². The zero-order valence-corrected chi connectivity index (χ0v) is 13.4. The van der Waals surface area contributed by atoms with Crippen LogP contribution in [-0.2, 0) is 0 Å². The quantitative estimate of drug-likeness (QED) is 0.670. The molecule has 0 amide bonds. The lowest BCUT2D eigenvalue weighted by Crippen LogP contribution is -2.20. The number of aromatic nitrogens is 3. The molecule has 3 aromatic rings. The molecular weight excluding hydrogens is 314 g/mol. The summed E-state index contributed by atoms with van der Waals surface area (Å²) in [4.78, 5) is 0. The van der Waals surface area contributed by atoms with E-state index >= 15 is 0 Å². The fourth-order valence-electron chi connectivity index (χ4n) is 2.00. The van der Waals surface area contributed by atoms with Crippen molar-refractivity contribution in [3.8, 4) is 11.5 Å². The molecule has 120 valence electrons. The van der Waals surface area contributed by atoms with Crippen LogP contribution in [0.15, 0.2) is 53.8 Å². The van der Waals surface area contributed by atoms with E-state index in [1.165, 1.54) is 11.8 Å². The second-order valence-corrected chi connectivity index (χ2v) is 5.85. The van der Waals surface area contributed by atoms with Gasteiger partial charge >= 0.3 is 0 Å². The molecular formula is C16H17N3O3S. The first kappa shape index (κ1) is 15.6. The van der Waals surface area contributed by atoms with Gasteiger partial charge in [-0.2, -0.15) is 0 Å². The van der Waals surface area contributed by atoms with E-state index in [0.717, 1.165) is 16.6 Å². The Labute approximate surface area is 138 Å². The second kappa shape index (κ2) is 7.34. The summed E-state index contributed by atoms with van der Waals surface area (Å²) < 4.78 is 12.5. The maximum atomic E-state index is 10.1. The van der Waals surface area contributed by atoms with Gasteiger partial charge < -0.3 is 14.6 Å². The Hall–Kier alpha value is -2.25. The zero-order valence-electron chi connectivity index (χ0n) is 12.6. The van der Waals surface area contributed by atoms with Crippen molar-refractivity contribution in [2.45, 2.75) is 11.3 Å². The van der Waals surface area contributed by atoms with Crippen LogP contribution in [0.4, 0.5) is 0 Å². The van der Waals surface area contributed by atoms with Gasteiger partial charge in [-0.3, -0.25) is 4.40 Å². The van der Waals surface area contributed by atoms with E-state index in [1.807, 2.05) is 53.1 Å². The van der Waals surface area contributed by atoms with E-state index in [-0.39, 0.29) is 6.61 Å². The molecule has 0 aliphatic heterocycles. The average molecular weight is 331 g/mol. The fourth-order valence-corrected chi connectivity index (χ4v) is 2.83. The number of hydrogen-bond acceptors (Lipinski definition) is 6. The lowest BCUT2D eigenvalue weighted by Gasteiger charge is -2.12. The van der Waals surface area contributed by atoms with Crippen molar-refractivity contribution in [3.05, 3.63) is 48.7 Å². The highest BCUT2D eigenvalue weighted by Crippen LogP contribution is 2.19. The molecule has 2 heterocycles. The Morgan fingerprint density at radius 3 is 2.70 bits per heavy atom. The van der Waals surface area contributed by atoms with Gasteiger partial charge in [-0.15, -0.1) is 10.2 Å². The van der Waals surface area contributed by atoms with Gasteiger partial charge in [0, 0.05) is 11.9 Å². The minimum absolute atomic E-state index is 0.218. The van der Waals surface area contributed by atoms with E-state index in [9.17, 15) is 5.11 Å². The highest BCUT2D eigenvalue weighted by molar-refractivity contribution is 7.99. The Kier molecular flexibility index (Phi) is 4.99. The van der Waals surface area contributed by atoms with Crippen LogP contribution in [0.5, 0.6) is 11.5 Å². The number of nitrogens with zero attached hydrogens (tertiary/aromatic N) is 3. The van der Waals surface area contributed by atoms with Crippen molar-refractivity contribution >= 4 is 17.4 Å². The fraction of sp³-hybridized carbons (Fsp3) is 0.250. The lowest BCUT2D eigenvalue weighted by atomic mass is 10.3. The minimum Gasteiger partial charge on any atom is -0.497 e. The Morgan fingerprint density at radius 2 is 1.91 bits per heavy atom. The van der Waals surface area contributed by atoms with Gasteiger partial charge in [-0.25, -0.2) is 0 Å². The number of benzene rings is 1. The number of fused-ring (bicyclic) bond motifs is 1. The summed E-state index contributed by atoms with van der Waals surface area (Å²) >= 11 is 1.45. The standard InChI is InChI=1S/C16H17N3O3S/c1-21-13-5-7-14(8-6-13)22-10-12(20)11-23-16-18-17-15-4-2-3-9-19(15)16/h2-9,12,20H,10-11H2,1H3. The van der Waals surface area contributed by atoms with Crippen LogP contribution in [0.25, 0.3) is 5.65 Å². The number of thioether (sulfide) groups is 1. The maximum Gasteiger partial charge on any atom is 0.195 e. The molecule has 1 N–H and O–H groups in total. The van der Waals surface area contributed by atoms with Gasteiger partial charge in [0.1, 0.15) is 18.1 Å². The van der Waals surface area contributed by atoms with Gasteiger partial charge in [0.15, 0.2) is 10.8 Å². The molecule has 3 rings (SSSR count). The molecule has 7 heteroatoms. The van der Waals surface area contributed by atoms with Gasteiger partial charge in [-0.1, -0.05) is 17.8 Å². The summed E-state index contributed by atoms with van der Waals surface area (Å²) in [6, 6.07) is 13.0. The SMILES string of the molecule is COc1ccc(OCC(O)CSc2nnc3ccccn23)cc1. The predicted molar refractivity (Wildman–Crippen MR) is 88.2 cm³/mol. The summed E-state index contributed by atoms with van der Waals surface area (Å²) in [5.41, 5.74) is 0.791. The van der Waals surface area contributed by atoms with E-state index in [0.29, 0.717) is 11.5 Å². The molecule has 1 aromatic carbocycles. The van der Waals surface area contributed by atoms with Crippen molar-refractivity contribution in [3.63, 3.8) is 0 Å². The number of aliphatic hydroxyl groups is 1. The predicted octanol–water partition coefficient (Wildman–Crippen LogP) is 2.27. The first-order chi connectivity index (χ1) is 11.3. The maximum absolute atomic E-state index is 10.1. The van der Waals surface area contributed by atoms with Crippen molar-refractivity contribution < 1.29 is 14.6 Å². The van der Waals surface area contributed by atoms with Crippen molar-refractivity contribution in [1.29, 1.82) is 0 Å². The molecule has 0 radical (unpaired) electrons. The lowest BCUT2D eigenvalue weighted by molar-refractivity contribution is 0.126. The molecule has 6 nitrogen and oxygen atoms in total. The third-order valence-corrected chi connectivity index (χ3v) is 4.28. The molecule has 0 bridgehead atoms. The number of aliphatic hydroxyl groups excluding tert-OH is 1. The molecule has 0 saturated carbocycles. The van der Waals surface area contributed by atoms with E-state index in [1.54, 1.807) is 7.11 Å². The van der Waals surface area contributed by atoms with Crippen LogP contribution in [0.3, 0.4) is 0 Å². The molecule has 2 aromatic heterocycles. The normalized spacial score (nSPS) is 12.3. The van der Waals surface area contributed by atoms with Gasteiger partial charge in [0.05, 0.1) is 13.2 Å². The number of pyridine rings is 1. The zero-order chi connectivity index (χ0) is 16.1. The highest BCUT2D eigenvalue weighted by atomic mass is 32.2. The minimum atomic E-state index is -0.599. The largest absolute Gasteiger partial charge is 0.497 e. The number of ether oxygens (including phenoxy) is 2. The molecule has 1 atom stereocenters. The van der Waals surface area contributed by atoms with E-state index in [2.05, 4.69) is 10.2 Å². The summed E-state index contributed by atoms with van der Waals surface area (Å²) in [5, 5.41) is 19.0. The molecule has 0 saturated heterocycles. The van der Waals surface area contributed by atoms with Crippen LogP contribution in [0.2, 0.25) is 0 Å². The third kappa shape index (κ3) is 3.94. The first-order valence-electron chi connectivity index (χ1n) is 7.14. The van der Waals surface area contributed by atoms with E-state index in [4.69, 9.17) is 9.47 Å². The summed E-state index contributed by atoms with van der Waals surface area (Å²) in [7, 11) is 1.62. The molecule has 0 aliphatic carbocycles. The topological polar surface area (TPSA) is 68.9 Å². The number of hydrogen-bond donors (Lipinski definition) is 1. The monoisotopic (exact) mass is 331 g/mol. The Morgan fingerprint density at radius 1 is 1.13 bits per heavy atom. The van der Waals surface area contributed by atoms with Crippen LogP contribution >= 0.6 is 11.8 Å². The number of rotatable bonds is 7. The van der Waals surface area contributed by atoms with Crippen LogP contribution in [-0.4, -0.2) is 45.3 Å². The van der Waals surface area contributed by atoms with Crippen molar-refractivity contribution in [1.82, 2.24) is 14.6 Å². The summed E-state index contributed by atoms with van der Waals surface area (Å²) in [5.74, 6) is 1.95. The molecule has 1 unspecified atom stereocenters. The molecule has 23 heavy (non-hydrogen) atoms. The van der Waals surface area contributed by atoms with Gasteiger partial charge in [-0.05, 0) is 36.4 Å². The van der Waals surface area contributed by atoms with Crippen molar-refractivity contribution in [2.75, 3.05) is 19.5 Å². The highest BCUT2D eigenvalue weighted by Gasteiger charge is 2.10. The van der Waals surface area contributed by atoms with E-state index < -0.39 is 6.10 Å². The first-order valence-corrected chi connectivity index (χ1v) is 8.12. The smallest absolute Gasteiger partial charge is 0.195 e. The Balaban J connectivity index is 1.50. The summed E-state index contributed by atoms with van der Waals surface area (Å²) in [6.45, 7) is 0.218.